The van der Waals surface area contributed by atoms with E-state index >= 15 is 0 Å². The van der Waals surface area contributed by atoms with Crippen molar-refractivity contribution in [2.75, 3.05) is 32.9 Å². The Morgan fingerprint density at radius 1 is 1.44 bits per heavy atom. The van der Waals surface area contributed by atoms with Crippen LogP contribution in [0.3, 0.4) is 0 Å². The van der Waals surface area contributed by atoms with E-state index in [4.69, 9.17) is 15.2 Å². The van der Waals surface area contributed by atoms with Gasteiger partial charge in [-0.05, 0) is 5.41 Å². The number of amides is 1. The highest BCUT2D eigenvalue weighted by Crippen LogP contribution is 2.25. The third kappa shape index (κ3) is 3.98. The SMILES string of the molecule is CC(C)(C)C(COC(N)=O)N1CCOCC1. The van der Waals surface area contributed by atoms with Crippen LogP contribution in [0, 0.1) is 5.41 Å². The zero-order valence-corrected chi connectivity index (χ0v) is 10.4. The molecular weight excluding hydrogens is 208 g/mol. The Hall–Kier alpha value is -0.810. The molecule has 1 atom stereocenters. The van der Waals surface area contributed by atoms with Crippen LogP contribution in [0.1, 0.15) is 20.8 Å². The predicted molar refractivity (Wildman–Crippen MR) is 61.2 cm³/mol. The normalized spacial score (nSPS) is 20.4. The van der Waals surface area contributed by atoms with Crippen molar-refractivity contribution in [3.63, 3.8) is 0 Å². The molecule has 5 heteroatoms. The molecule has 94 valence electrons. The molecule has 1 heterocycles. The molecule has 0 aromatic carbocycles. The molecule has 16 heavy (non-hydrogen) atoms. The van der Waals surface area contributed by atoms with Crippen molar-refractivity contribution < 1.29 is 14.3 Å². The summed E-state index contributed by atoms with van der Waals surface area (Å²) in [5.74, 6) is 0. The lowest BCUT2D eigenvalue weighted by molar-refractivity contribution is -0.0298. The molecule has 0 aliphatic carbocycles. The van der Waals surface area contributed by atoms with Gasteiger partial charge in [0.05, 0.1) is 13.2 Å². The Kier molecular flexibility index (Phi) is 4.56. The van der Waals surface area contributed by atoms with Crippen LogP contribution in [0.25, 0.3) is 0 Å². The number of rotatable bonds is 3. The number of carbonyl (C=O) groups excluding carboxylic acids is 1. The van der Waals surface area contributed by atoms with Gasteiger partial charge in [0.2, 0.25) is 0 Å². The van der Waals surface area contributed by atoms with Crippen molar-refractivity contribution in [2.24, 2.45) is 11.1 Å². The smallest absolute Gasteiger partial charge is 0.404 e. The molecule has 0 saturated carbocycles. The van der Waals surface area contributed by atoms with Gasteiger partial charge in [0.1, 0.15) is 6.61 Å². The van der Waals surface area contributed by atoms with Crippen LogP contribution in [0.15, 0.2) is 0 Å². The number of primary amides is 1. The first-order valence-electron chi connectivity index (χ1n) is 5.65. The third-order valence-corrected chi connectivity index (χ3v) is 2.87. The van der Waals surface area contributed by atoms with E-state index < -0.39 is 6.09 Å². The van der Waals surface area contributed by atoms with E-state index in [-0.39, 0.29) is 11.5 Å². The average molecular weight is 230 g/mol. The van der Waals surface area contributed by atoms with Crippen LogP contribution in [0.4, 0.5) is 4.79 Å². The van der Waals surface area contributed by atoms with Gasteiger partial charge in [-0.25, -0.2) is 4.79 Å². The Labute approximate surface area is 96.9 Å². The lowest BCUT2D eigenvalue weighted by atomic mass is 9.86. The molecule has 1 aliphatic heterocycles. The second-order valence-corrected chi connectivity index (χ2v) is 5.16. The summed E-state index contributed by atoms with van der Waals surface area (Å²) in [4.78, 5) is 13.0. The Morgan fingerprint density at radius 2 is 2.00 bits per heavy atom. The van der Waals surface area contributed by atoms with Crippen molar-refractivity contribution in [3.8, 4) is 0 Å². The highest BCUT2D eigenvalue weighted by Gasteiger charge is 2.32. The van der Waals surface area contributed by atoms with Crippen molar-refractivity contribution in [2.45, 2.75) is 26.8 Å². The molecule has 1 aliphatic rings. The van der Waals surface area contributed by atoms with Gasteiger partial charge in [-0.1, -0.05) is 20.8 Å². The Balaban J connectivity index is 2.58. The molecule has 1 saturated heterocycles. The minimum Gasteiger partial charge on any atom is -0.448 e. The van der Waals surface area contributed by atoms with Crippen LogP contribution in [-0.4, -0.2) is 49.9 Å². The summed E-state index contributed by atoms with van der Waals surface area (Å²) in [7, 11) is 0. The zero-order chi connectivity index (χ0) is 12.2. The summed E-state index contributed by atoms with van der Waals surface area (Å²) in [6, 6.07) is 0.184. The third-order valence-electron chi connectivity index (χ3n) is 2.87. The molecule has 0 radical (unpaired) electrons. The Bertz CT molecular complexity index is 232. The number of carbonyl (C=O) groups is 1. The predicted octanol–water partition coefficient (Wildman–Crippen LogP) is 0.829. The van der Waals surface area contributed by atoms with Crippen molar-refractivity contribution >= 4 is 6.09 Å². The maximum atomic E-state index is 10.7. The van der Waals surface area contributed by atoms with Gasteiger partial charge in [0.15, 0.2) is 0 Å². The van der Waals surface area contributed by atoms with Crippen LogP contribution in [-0.2, 0) is 9.47 Å². The lowest BCUT2D eigenvalue weighted by Gasteiger charge is -2.41. The summed E-state index contributed by atoms with van der Waals surface area (Å²) >= 11 is 0. The molecule has 0 bridgehead atoms. The fourth-order valence-electron chi connectivity index (χ4n) is 1.95. The molecule has 0 aromatic heterocycles. The van der Waals surface area contributed by atoms with Crippen LogP contribution in [0.2, 0.25) is 0 Å². The summed E-state index contributed by atoms with van der Waals surface area (Å²) in [5, 5.41) is 0. The van der Waals surface area contributed by atoms with E-state index in [0.717, 1.165) is 26.3 Å². The molecule has 1 amide bonds. The fraction of sp³-hybridized carbons (Fsp3) is 0.909. The highest BCUT2D eigenvalue weighted by atomic mass is 16.5. The van der Waals surface area contributed by atoms with Crippen LogP contribution < -0.4 is 5.73 Å². The largest absolute Gasteiger partial charge is 0.448 e. The topological polar surface area (TPSA) is 64.8 Å². The lowest BCUT2D eigenvalue weighted by Crippen LogP contribution is -2.52. The first-order valence-corrected chi connectivity index (χ1v) is 5.65. The number of hydrogen-bond donors (Lipinski definition) is 1. The Morgan fingerprint density at radius 3 is 2.44 bits per heavy atom. The minimum atomic E-state index is -0.706. The number of nitrogens with zero attached hydrogens (tertiary/aromatic N) is 1. The number of morpholine rings is 1. The molecule has 1 unspecified atom stereocenters. The molecule has 2 N–H and O–H groups in total. The molecule has 5 nitrogen and oxygen atoms in total. The van der Waals surface area contributed by atoms with E-state index in [9.17, 15) is 4.79 Å². The molecular formula is C11H22N2O3. The summed E-state index contributed by atoms with van der Waals surface area (Å²) in [6.45, 7) is 9.99. The summed E-state index contributed by atoms with van der Waals surface area (Å²) in [6.07, 6.45) is -0.706. The van der Waals surface area contributed by atoms with Gasteiger partial charge < -0.3 is 15.2 Å². The monoisotopic (exact) mass is 230 g/mol. The summed E-state index contributed by atoms with van der Waals surface area (Å²) in [5.41, 5.74) is 5.06. The first-order chi connectivity index (χ1) is 7.41. The average Bonchev–Trinajstić information content (AvgIpc) is 2.17. The molecule has 0 aromatic rings. The van der Waals surface area contributed by atoms with Gasteiger partial charge in [0, 0.05) is 19.1 Å². The van der Waals surface area contributed by atoms with Gasteiger partial charge in [-0.3, -0.25) is 4.90 Å². The standard InChI is InChI=1S/C11H22N2O3/c1-11(2,3)9(8-16-10(12)14)13-4-6-15-7-5-13/h9H,4-8H2,1-3H3,(H2,12,14). The maximum Gasteiger partial charge on any atom is 0.404 e. The number of nitrogens with two attached hydrogens (primary N) is 1. The van der Waals surface area contributed by atoms with Gasteiger partial charge >= 0.3 is 6.09 Å². The number of ether oxygens (including phenoxy) is 2. The molecule has 1 fully saturated rings. The van der Waals surface area contributed by atoms with Crippen LogP contribution >= 0.6 is 0 Å². The molecule has 0 spiro atoms. The second-order valence-electron chi connectivity index (χ2n) is 5.16. The van der Waals surface area contributed by atoms with E-state index in [2.05, 4.69) is 25.7 Å². The minimum absolute atomic E-state index is 0.0484. The summed E-state index contributed by atoms with van der Waals surface area (Å²) < 4.78 is 10.3. The fourth-order valence-corrected chi connectivity index (χ4v) is 1.95. The van der Waals surface area contributed by atoms with E-state index in [1.165, 1.54) is 0 Å². The van der Waals surface area contributed by atoms with Crippen molar-refractivity contribution in [1.82, 2.24) is 4.90 Å². The van der Waals surface area contributed by atoms with Gasteiger partial charge in [0.25, 0.3) is 0 Å². The van der Waals surface area contributed by atoms with Gasteiger partial charge in [-0.2, -0.15) is 0 Å². The van der Waals surface area contributed by atoms with Crippen molar-refractivity contribution in [1.29, 1.82) is 0 Å². The van der Waals surface area contributed by atoms with Gasteiger partial charge in [-0.15, -0.1) is 0 Å². The van der Waals surface area contributed by atoms with Crippen LogP contribution in [0.5, 0.6) is 0 Å². The van der Waals surface area contributed by atoms with E-state index in [0.29, 0.717) is 6.61 Å². The highest BCUT2D eigenvalue weighted by molar-refractivity contribution is 5.64. The maximum absolute atomic E-state index is 10.7. The number of hydrogen-bond acceptors (Lipinski definition) is 4. The molecule has 1 rings (SSSR count). The quantitative estimate of drug-likeness (QED) is 0.780. The second kappa shape index (κ2) is 5.50. The van der Waals surface area contributed by atoms with Crippen molar-refractivity contribution in [3.05, 3.63) is 0 Å². The van der Waals surface area contributed by atoms with E-state index in [1.54, 1.807) is 0 Å². The van der Waals surface area contributed by atoms with E-state index in [1.807, 2.05) is 0 Å². The zero-order valence-electron chi connectivity index (χ0n) is 10.4. The first kappa shape index (κ1) is 13.3.